The van der Waals surface area contributed by atoms with E-state index >= 15 is 0 Å². The lowest BCUT2D eigenvalue weighted by molar-refractivity contribution is 0.600. The fraction of sp³-hybridized carbons (Fsp3) is 0.182. The molecule has 0 amide bonds. The summed E-state index contributed by atoms with van der Waals surface area (Å²) in [4.78, 5) is 0.138. The summed E-state index contributed by atoms with van der Waals surface area (Å²) >= 11 is 0. The molecule has 6 nitrogen and oxygen atoms in total. The van der Waals surface area contributed by atoms with Gasteiger partial charge in [0.15, 0.2) is 0 Å². The first-order chi connectivity index (χ1) is 8.40. The summed E-state index contributed by atoms with van der Waals surface area (Å²) in [5.41, 5.74) is 7.97. The molecular weight excluding hydrogens is 252 g/mol. The average Bonchev–Trinajstić information content (AvgIpc) is 2.69. The van der Waals surface area contributed by atoms with E-state index in [9.17, 15) is 8.42 Å². The Morgan fingerprint density at radius 3 is 2.61 bits per heavy atom. The number of nitrogens with two attached hydrogens (primary N) is 1. The minimum absolute atomic E-state index is 0.138. The monoisotopic (exact) mass is 266 g/mol. The van der Waals surface area contributed by atoms with E-state index < -0.39 is 10.0 Å². The molecule has 2 rings (SSSR count). The van der Waals surface area contributed by atoms with E-state index in [-0.39, 0.29) is 4.90 Å². The first-order valence-electron chi connectivity index (χ1n) is 5.29. The van der Waals surface area contributed by atoms with E-state index in [4.69, 9.17) is 5.73 Å². The van der Waals surface area contributed by atoms with Crippen LogP contribution >= 0.6 is 0 Å². The fourth-order valence-corrected chi connectivity index (χ4v) is 2.88. The third-order valence-electron chi connectivity index (χ3n) is 2.57. The van der Waals surface area contributed by atoms with Gasteiger partial charge in [0.2, 0.25) is 0 Å². The molecule has 96 valence electrons. The highest BCUT2D eigenvalue weighted by molar-refractivity contribution is 7.92. The number of nitrogens with zero attached hydrogens (tertiary/aromatic N) is 1. The Morgan fingerprint density at radius 2 is 2.06 bits per heavy atom. The Hall–Kier alpha value is -2.02. The van der Waals surface area contributed by atoms with Crippen LogP contribution in [0.4, 0.5) is 11.4 Å². The number of H-pyrrole nitrogens is 1. The number of hydrogen-bond donors (Lipinski definition) is 3. The molecule has 1 heterocycles. The van der Waals surface area contributed by atoms with Crippen LogP contribution in [0, 0.1) is 13.8 Å². The normalized spacial score (nSPS) is 11.4. The van der Waals surface area contributed by atoms with Crippen molar-refractivity contribution in [3.05, 3.63) is 35.7 Å². The van der Waals surface area contributed by atoms with E-state index in [1.165, 1.54) is 6.20 Å². The Balaban J connectivity index is 2.37. The first kappa shape index (κ1) is 12.4. The quantitative estimate of drug-likeness (QED) is 0.731. The van der Waals surface area contributed by atoms with Crippen LogP contribution in [-0.4, -0.2) is 18.6 Å². The number of aryl methyl sites for hydroxylation is 2. The van der Waals surface area contributed by atoms with Crippen molar-refractivity contribution in [3.63, 3.8) is 0 Å². The second kappa shape index (κ2) is 4.34. The molecule has 0 aliphatic rings. The smallest absolute Gasteiger partial charge is 0.265 e. The van der Waals surface area contributed by atoms with Crippen LogP contribution in [0.15, 0.2) is 29.3 Å². The lowest BCUT2D eigenvalue weighted by Crippen LogP contribution is -2.14. The van der Waals surface area contributed by atoms with Gasteiger partial charge >= 0.3 is 0 Å². The molecule has 1 aromatic carbocycles. The van der Waals surface area contributed by atoms with Gasteiger partial charge in [-0.05, 0) is 37.6 Å². The van der Waals surface area contributed by atoms with Crippen molar-refractivity contribution >= 4 is 21.4 Å². The molecule has 0 spiro atoms. The molecule has 0 aliphatic heterocycles. The van der Waals surface area contributed by atoms with Crippen molar-refractivity contribution in [2.45, 2.75) is 18.7 Å². The topological polar surface area (TPSA) is 101 Å². The van der Waals surface area contributed by atoms with Crippen molar-refractivity contribution < 1.29 is 8.42 Å². The summed E-state index contributed by atoms with van der Waals surface area (Å²) in [7, 11) is -3.62. The summed E-state index contributed by atoms with van der Waals surface area (Å²) in [5.74, 6) is 0. The van der Waals surface area contributed by atoms with Crippen LogP contribution in [0.3, 0.4) is 0 Å². The third-order valence-corrected chi connectivity index (χ3v) is 4.05. The van der Waals surface area contributed by atoms with Gasteiger partial charge in [-0.25, -0.2) is 8.42 Å². The SMILES string of the molecule is Cc1cc(N)ccc1NS(=O)(=O)c1cn[nH]c1C. The molecule has 0 unspecified atom stereocenters. The first-order valence-corrected chi connectivity index (χ1v) is 6.77. The van der Waals surface area contributed by atoms with Crippen molar-refractivity contribution in [2.75, 3.05) is 10.5 Å². The summed E-state index contributed by atoms with van der Waals surface area (Å²) in [6.45, 7) is 3.44. The zero-order valence-electron chi connectivity index (χ0n) is 10.1. The van der Waals surface area contributed by atoms with Gasteiger partial charge in [0.1, 0.15) is 4.90 Å². The molecule has 7 heteroatoms. The number of sulfonamides is 1. The van der Waals surface area contributed by atoms with E-state index in [0.717, 1.165) is 5.56 Å². The van der Waals surface area contributed by atoms with Crippen LogP contribution < -0.4 is 10.5 Å². The second-order valence-corrected chi connectivity index (χ2v) is 5.69. The van der Waals surface area contributed by atoms with Crippen molar-refractivity contribution in [2.24, 2.45) is 0 Å². The molecular formula is C11H14N4O2S. The zero-order valence-corrected chi connectivity index (χ0v) is 10.9. The molecule has 0 bridgehead atoms. The number of nitrogens with one attached hydrogen (secondary N) is 2. The third kappa shape index (κ3) is 2.30. The molecule has 1 aromatic heterocycles. The number of nitrogen functional groups attached to an aromatic ring is 1. The number of aromatic nitrogens is 2. The highest BCUT2D eigenvalue weighted by Crippen LogP contribution is 2.22. The summed E-state index contributed by atoms with van der Waals surface area (Å²) < 4.78 is 26.8. The predicted octanol–water partition coefficient (Wildman–Crippen LogP) is 1.41. The number of anilines is 2. The number of benzene rings is 1. The molecule has 0 aliphatic carbocycles. The summed E-state index contributed by atoms with van der Waals surface area (Å²) in [5, 5.41) is 6.30. The molecule has 18 heavy (non-hydrogen) atoms. The van der Waals surface area contributed by atoms with E-state index in [1.807, 2.05) is 0 Å². The minimum atomic E-state index is -3.62. The van der Waals surface area contributed by atoms with Crippen molar-refractivity contribution in [1.29, 1.82) is 0 Å². The van der Waals surface area contributed by atoms with Crippen LogP contribution in [0.25, 0.3) is 0 Å². The lowest BCUT2D eigenvalue weighted by Gasteiger charge is -2.10. The van der Waals surface area contributed by atoms with Gasteiger partial charge in [-0.15, -0.1) is 0 Å². The van der Waals surface area contributed by atoms with Gasteiger partial charge < -0.3 is 5.73 Å². The predicted molar refractivity (Wildman–Crippen MR) is 69.7 cm³/mol. The largest absolute Gasteiger partial charge is 0.399 e. The number of rotatable bonds is 3. The van der Waals surface area contributed by atoms with Gasteiger partial charge in [-0.3, -0.25) is 9.82 Å². The summed E-state index contributed by atoms with van der Waals surface area (Å²) in [6, 6.07) is 4.99. The van der Waals surface area contributed by atoms with E-state index in [1.54, 1.807) is 32.0 Å². The van der Waals surface area contributed by atoms with E-state index in [2.05, 4.69) is 14.9 Å². The van der Waals surface area contributed by atoms with Gasteiger partial charge in [-0.1, -0.05) is 0 Å². The second-order valence-electron chi connectivity index (χ2n) is 4.04. The van der Waals surface area contributed by atoms with Gasteiger partial charge in [0, 0.05) is 5.69 Å². The zero-order chi connectivity index (χ0) is 13.3. The standard InChI is InChI=1S/C11H14N4O2S/c1-7-5-9(12)3-4-10(7)15-18(16,17)11-6-13-14-8(11)2/h3-6,15H,12H2,1-2H3,(H,13,14). The van der Waals surface area contributed by atoms with Crippen LogP contribution in [0.5, 0.6) is 0 Å². The average molecular weight is 266 g/mol. The molecule has 0 saturated carbocycles. The van der Waals surface area contributed by atoms with E-state index in [0.29, 0.717) is 17.1 Å². The Morgan fingerprint density at radius 1 is 1.33 bits per heavy atom. The van der Waals surface area contributed by atoms with Crippen LogP contribution in [0.1, 0.15) is 11.3 Å². The van der Waals surface area contributed by atoms with Gasteiger partial charge in [-0.2, -0.15) is 5.10 Å². The van der Waals surface area contributed by atoms with Crippen LogP contribution in [-0.2, 0) is 10.0 Å². The maximum Gasteiger partial charge on any atom is 0.265 e. The molecule has 0 fully saturated rings. The number of aromatic amines is 1. The maximum absolute atomic E-state index is 12.1. The highest BCUT2D eigenvalue weighted by Gasteiger charge is 2.19. The molecule has 0 radical (unpaired) electrons. The molecule has 0 saturated heterocycles. The van der Waals surface area contributed by atoms with Crippen LogP contribution in [0.2, 0.25) is 0 Å². The van der Waals surface area contributed by atoms with Crippen molar-refractivity contribution in [3.8, 4) is 0 Å². The molecule has 0 atom stereocenters. The lowest BCUT2D eigenvalue weighted by atomic mass is 10.2. The van der Waals surface area contributed by atoms with Gasteiger partial charge in [0.25, 0.3) is 10.0 Å². The Bertz CT molecular complexity index is 676. The molecule has 2 aromatic rings. The highest BCUT2D eigenvalue weighted by atomic mass is 32.2. The minimum Gasteiger partial charge on any atom is -0.399 e. The fourth-order valence-electron chi connectivity index (χ4n) is 1.61. The Kier molecular flexibility index (Phi) is 3.00. The Labute approximate surface area is 105 Å². The summed E-state index contributed by atoms with van der Waals surface area (Å²) in [6.07, 6.45) is 1.28. The van der Waals surface area contributed by atoms with Crippen molar-refractivity contribution in [1.82, 2.24) is 10.2 Å². The van der Waals surface area contributed by atoms with Gasteiger partial charge in [0.05, 0.1) is 17.6 Å². The molecule has 4 N–H and O–H groups in total. The number of hydrogen-bond acceptors (Lipinski definition) is 4. The maximum atomic E-state index is 12.1.